The van der Waals surface area contributed by atoms with Gasteiger partial charge in [-0.2, -0.15) is 0 Å². The van der Waals surface area contributed by atoms with Crippen molar-refractivity contribution in [2.45, 2.75) is 6.92 Å². The van der Waals surface area contributed by atoms with Gasteiger partial charge in [0.1, 0.15) is 10.8 Å². The van der Waals surface area contributed by atoms with Gasteiger partial charge in [-0.15, -0.1) is 0 Å². The third-order valence-electron chi connectivity index (χ3n) is 1.85. The van der Waals surface area contributed by atoms with Gasteiger partial charge in [0.15, 0.2) is 0 Å². The Bertz CT molecular complexity index is 394. The maximum Gasteiger partial charge on any atom is 0.216 e. The van der Waals surface area contributed by atoms with Gasteiger partial charge in [0.05, 0.1) is 0 Å². The Kier molecular flexibility index (Phi) is 4.65. The lowest BCUT2D eigenvalue weighted by molar-refractivity contribution is -0.118. The fourth-order valence-electron chi connectivity index (χ4n) is 1.11. The molecule has 0 aliphatic carbocycles. The Morgan fingerprint density at radius 1 is 1.56 bits per heavy atom. The molecule has 1 rings (SSSR count). The van der Waals surface area contributed by atoms with E-state index in [4.69, 9.17) is 18.0 Å². The van der Waals surface area contributed by atoms with Crippen molar-refractivity contribution in [2.24, 2.45) is 5.73 Å². The monoisotopic (exact) mass is 238 g/mol. The highest BCUT2D eigenvalue weighted by atomic mass is 32.1. The average Bonchev–Trinajstić information content (AvgIpc) is 2.24. The molecule has 0 saturated carbocycles. The number of nitrogens with zero attached hydrogens (tertiary/aromatic N) is 1. The molecule has 86 valence electrons. The number of pyridine rings is 1. The number of hydrogen-bond acceptors (Lipinski definition) is 4. The average molecular weight is 238 g/mol. The number of rotatable bonds is 5. The summed E-state index contributed by atoms with van der Waals surface area (Å²) in [6.45, 7) is 2.63. The highest BCUT2D eigenvalue weighted by molar-refractivity contribution is 7.80. The fourth-order valence-corrected chi connectivity index (χ4v) is 1.24. The molecule has 0 aliphatic heterocycles. The molecule has 1 heterocycles. The van der Waals surface area contributed by atoms with Crippen LogP contribution in [0.4, 0.5) is 5.82 Å². The smallest absolute Gasteiger partial charge is 0.216 e. The lowest BCUT2D eigenvalue weighted by atomic mass is 10.2. The van der Waals surface area contributed by atoms with E-state index in [2.05, 4.69) is 15.6 Å². The molecule has 0 spiro atoms. The molecule has 1 aromatic rings. The zero-order chi connectivity index (χ0) is 12.0. The van der Waals surface area contributed by atoms with Gasteiger partial charge in [-0.05, 0) is 12.1 Å². The Labute approximate surface area is 99.4 Å². The lowest BCUT2D eigenvalue weighted by Gasteiger charge is -2.07. The number of carbonyl (C=O) groups excluding carboxylic acids is 1. The van der Waals surface area contributed by atoms with Crippen LogP contribution in [-0.2, 0) is 4.79 Å². The zero-order valence-electron chi connectivity index (χ0n) is 8.99. The van der Waals surface area contributed by atoms with Crippen LogP contribution >= 0.6 is 12.2 Å². The van der Waals surface area contributed by atoms with E-state index in [1.807, 2.05) is 0 Å². The first-order valence-electron chi connectivity index (χ1n) is 4.84. The van der Waals surface area contributed by atoms with Gasteiger partial charge in [0.2, 0.25) is 5.91 Å². The largest absolute Gasteiger partial charge is 0.389 e. The fraction of sp³-hybridized carbons (Fsp3) is 0.300. The topological polar surface area (TPSA) is 80.0 Å². The molecule has 0 aromatic carbocycles. The number of aromatic nitrogens is 1. The van der Waals surface area contributed by atoms with Crippen molar-refractivity contribution in [3.05, 3.63) is 23.9 Å². The van der Waals surface area contributed by atoms with Crippen LogP contribution in [0.25, 0.3) is 0 Å². The molecule has 6 heteroatoms. The summed E-state index contributed by atoms with van der Waals surface area (Å²) in [5.41, 5.74) is 6.27. The molecule has 0 bridgehead atoms. The number of thiocarbonyl (C=S) groups is 1. The van der Waals surface area contributed by atoms with Crippen LogP contribution in [0.1, 0.15) is 12.5 Å². The molecule has 0 saturated heterocycles. The Hall–Kier alpha value is -1.69. The third kappa shape index (κ3) is 4.22. The molecule has 1 amide bonds. The number of hydrogen-bond donors (Lipinski definition) is 3. The van der Waals surface area contributed by atoms with Gasteiger partial charge in [-0.3, -0.25) is 4.79 Å². The number of carbonyl (C=O) groups is 1. The second-order valence-corrected chi connectivity index (χ2v) is 3.64. The molecule has 0 aliphatic rings. The van der Waals surface area contributed by atoms with Gasteiger partial charge < -0.3 is 16.4 Å². The Morgan fingerprint density at radius 3 is 2.94 bits per heavy atom. The molecule has 16 heavy (non-hydrogen) atoms. The minimum atomic E-state index is -0.0494. The summed E-state index contributed by atoms with van der Waals surface area (Å²) in [5, 5.41) is 5.73. The first-order chi connectivity index (χ1) is 7.59. The summed E-state index contributed by atoms with van der Waals surface area (Å²) in [6, 6.07) is 3.53. The maximum atomic E-state index is 10.6. The number of amides is 1. The molecular weight excluding hydrogens is 224 g/mol. The van der Waals surface area contributed by atoms with Crippen molar-refractivity contribution in [2.75, 3.05) is 18.4 Å². The molecule has 0 unspecified atom stereocenters. The van der Waals surface area contributed by atoms with Crippen LogP contribution in [0, 0.1) is 0 Å². The second kappa shape index (κ2) is 6.02. The summed E-state index contributed by atoms with van der Waals surface area (Å²) in [7, 11) is 0. The number of nitrogens with two attached hydrogens (primary N) is 1. The molecule has 5 nitrogen and oxygen atoms in total. The van der Waals surface area contributed by atoms with Crippen molar-refractivity contribution in [1.29, 1.82) is 0 Å². The summed E-state index contributed by atoms with van der Waals surface area (Å²) >= 11 is 4.86. The van der Waals surface area contributed by atoms with Crippen molar-refractivity contribution >= 4 is 28.9 Å². The quantitative estimate of drug-likeness (QED) is 0.506. The predicted molar refractivity (Wildman–Crippen MR) is 67.3 cm³/mol. The van der Waals surface area contributed by atoms with Crippen molar-refractivity contribution in [3.63, 3.8) is 0 Å². The normalized spacial score (nSPS) is 9.56. The Balaban J connectivity index is 2.45. The molecule has 4 N–H and O–H groups in total. The van der Waals surface area contributed by atoms with Crippen molar-refractivity contribution in [3.8, 4) is 0 Å². The second-order valence-electron chi connectivity index (χ2n) is 3.20. The van der Waals surface area contributed by atoms with Gasteiger partial charge in [-0.25, -0.2) is 4.98 Å². The molecular formula is C10H14N4OS. The number of anilines is 1. The first kappa shape index (κ1) is 12.4. The van der Waals surface area contributed by atoms with E-state index in [1.165, 1.54) is 6.92 Å². The lowest BCUT2D eigenvalue weighted by Crippen LogP contribution is -2.26. The van der Waals surface area contributed by atoms with Crippen molar-refractivity contribution < 1.29 is 4.79 Å². The van der Waals surface area contributed by atoms with E-state index < -0.39 is 0 Å². The van der Waals surface area contributed by atoms with Gasteiger partial charge in [0, 0.05) is 31.8 Å². The van der Waals surface area contributed by atoms with Gasteiger partial charge >= 0.3 is 0 Å². The van der Waals surface area contributed by atoms with E-state index >= 15 is 0 Å². The van der Waals surface area contributed by atoms with Crippen LogP contribution in [0.3, 0.4) is 0 Å². The predicted octanol–water partition coefficient (Wildman–Crippen LogP) is 0.264. The summed E-state index contributed by atoms with van der Waals surface area (Å²) in [5.74, 6) is 0.641. The van der Waals surface area contributed by atoms with Crippen LogP contribution in [-0.4, -0.2) is 29.0 Å². The van der Waals surface area contributed by atoms with Crippen LogP contribution in [0.15, 0.2) is 18.3 Å². The molecule has 1 aromatic heterocycles. The molecule has 0 atom stereocenters. The van der Waals surface area contributed by atoms with Crippen LogP contribution in [0.2, 0.25) is 0 Å². The van der Waals surface area contributed by atoms with E-state index in [0.717, 1.165) is 5.56 Å². The van der Waals surface area contributed by atoms with Crippen LogP contribution < -0.4 is 16.4 Å². The van der Waals surface area contributed by atoms with E-state index in [1.54, 1.807) is 18.3 Å². The highest BCUT2D eigenvalue weighted by Gasteiger charge is 1.98. The van der Waals surface area contributed by atoms with E-state index in [-0.39, 0.29) is 5.91 Å². The van der Waals surface area contributed by atoms with E-state index in [0.29, 0.717) is 23.9 Å². The SMILES string of the molecule is CC(=O)NCCNc1cc(C(N)=S)ccn1. The van der Waals surface area contributed by atoms with Crippen LogP contribution in [0.5, 0.6) is 0 Å². The maximum absolute atomic E-state index is 10.6. The first-order valence-corrected chi connectivity index (χ1v) is 5.24. The van der Waals surface area contributed by atoms with Gasteiger partial charge in [-0.1, -0.05) is 12.2 Å². The van der Waals surface area contributed by atoms with Gasteiger partial charge in [0.25, 0.3) is 0 Å². The Morgan fingerprint density at radius 2 is 2.31 bits per heavy atom. The standard InChI is InChI=1S/C10H14N4OS/c1-7(15)12-4-5-14-9-6-8(10(11)16)2-3-13-9/h2-3,6H,4-5H2,1H3,(H2,11,16)(H,12,15)(H,13,14). The number of nitrogens with one attached hydrogen (secondary N) is 2. The summed E-state index contributed by atoms with van der Waals surface area (Å²) < 4.78 is 0. The third-order valence-corrected chi connectivity index (χ3v) is 2.09. The minimum Gasteiger partial charge on any atom is -0.389 e. The molecule has 0 fully saturated rings. The summed E-state index contributed by atoms with van der Waals surface area (Å²) in [6.07, 6.45) is 1.63. The summed E-state index contributed by atoms with van der Waals surface area (Å²) in [4.78, 5) is 15.0. The minimum absolute atomic E-state index is 0.0494. The highest BCUT2D eigenvalue weighted by Crippen LogP contribution is 2.05. The van der Waals surface area contributed by atoms with Crippen molar-refractivity contribution in [1.82, 2.24) is 10.3 Å². The zero-order valence-corrected chi connectivity index (χ0v) is 9.80. The van der Waals surface area contributed by atoms with E-state index in [9.17, 15) is 4.79 Å². The molecule has 0 radical (unpaired) electrons.